The monoisotopic (exact) mass is 420 g/mol. The molecule has 0 aliphatic heterocycles. The van der Waals surface area contributed by atoms with Gasteiger partial charge in [0.2, 0.25) is 0 Å². The van der Waals surface area contributed by atoms with Crippen molar-refractivity contribution in [2.75, 3.05) is 6.61 Å². The first-order valence-electron chi connectivity index (χ1n) is 14.0. The molecule has 0 amide bonds. The van der Waals surface area contributed by atoms with Crippen LogP contribution in [0, 0.1) is 11.8 Å². The molecule has 0 saturated carbocycles. The molecule has 1 nitrogen and oxygen atoms in total. The number of rotatable bonds is 24. The lowest BCUT2D eigenvalue weighted by Crippen LogP contribution is -1.84. The van der Waals surface area contributed by atoms with Gasteiger partial charge in [0.05, 0.1) is 0 Å². The summed E-state index contributed by atoms with van der Waals surface area (Å²) in [7, 11) is 0. The summed E-state index contributed by atoms with van der Waals surface area (Å²) >= 11 is 0. The van der Waals surface area contributed by atoms with Crippen molar-refractivity contribution in [3.05, 3.63) is 0 Å². The van der Waals surface area contributed by atoms with Gasteiger partial charge in [-0.3, -0.25) is 0 Å². The van der Waals surface area contributed by atoms with Crippen molar-refractivity contribution >= 4 is 0 Å². The first kappa shape index (κ1) is 29.5. The van der Waals surface area contributed by atoms with Crippen molar-refractivity contribution in [2.45, 2.75) is 167 Å². The Kier molecular flexibility index (Phi) is 28.1. The number of aliphatic hydroxyl groups excluding tert-OH is 1. The lowest BCUT2D eigenvalue weighted by molar-refractivity contribution is 0.282. The highest BCUT2D eigenvalue weighted by Crippen LogP contribution is 2.14. The molecular weight excluding hydrogens is 364 g/mol. The van der Waals surface area contributed by atoms with Crippen LogP contribution in [0.15, 0.2) is 0 Å². The predicted molar refractivity (Wildman–Crippen MR) is 136 cm³/mol. The Bertz CT molecular complexity index is 351. The average molecular weight is 421 g/mol. The van der Waals surface area contributed by atoms with Crippen LogP contribution >= 0.6 is 0 Å². The first-order valence-corrected chi connectivity index (χ1v) is 14.0. The second kappa shape index (κ2) is 28.5. The van der Waals surface area contributed by atoms with Crippen molar-refractivity contribution < 1.29 is 5.11 Å². The molecule has 0 unspecified atom stereocenters. The maximum atomic E-state index is 8.73. The Balaban J connectivity index is 3.06. The molecule has 0 fully saturated rings. The zero-order valence-corrected chi connectivity index (χ0v) is 20.8. The van der Waals surface area contributed by atoms with E-state index in [-0.39, 0.29) is 0 Å². The SMILES string of the molecule is CCCCCCCCCCCCCCCCCCCCC#CCCCCCCCO. The first-order chi connectivity index (χ1) is 14.9. The molecule has 0 bridgehead atoms. The van der Waals surface area contributed by atoms with E-state index in [9.17, 15) is 0 Å². The van der Waals surface area contributed by atoms with E-state index in [1.165, 1.54) is 141 Å². The third kappa shape index (κ3) is 27.5. The van der Waals surface area contributed by atoms with Crippen LogP contribution in [0.2, 0.25) is 0 Å². The second-order valence-electron chi connectivity index (χ2n) is 9.36. The van der Waals surface area contributed by atoms with E-state index in [2.05, 4.69) is 18.8 Å². The van der Waals surface area contributed by atoms with Crippen molar-refractivity contribution in [1.29, 1.82) is 0 Å². The summed E-state index contributed by atoms with van der Waals surface area (Å²) in [4.78, 5) is 0. The van der Waals surface area contributed by atoms with Gasteiger partial charge in [-0.1, -0.05) is 135 Å². The third-order valence-electron chi connectivity index (χ3n) is 6.24. The second-order valence-corrected chi connectivity index (χ2v) is 9.36. The molecular formula is C29H56O. The van der Waals surface area contributed by atoms with E-state index in [0.29, 0.717) is 6.61 Å². The van der Waals surface area contributed by atoms with Gasteiger partial charge in [0, 0.05) is 19.4 Å². The normalized spacial score (nSPS) is 10.9. The van der Waals surface area contributed by atoms with E-state index in [0.717, 1.165) is 19.3 Å². The smallest absolute Gasteiger partial charge is 0.0431 e. The summed E-state index contributed by atoms with van der Waals surface area (Å²) in [6, 6.07) is 0. The van der Waals surface area contributed by atoms with Crippen molar-refractivity contribution in [2.24, 2.45) is 0 Å². The lowest BCUT2D eigenvalue weighted by Gasteiger charge is -2.03. The maximum Gasteiger partial charge on any atom is 0.0431 e. The van der Waals surface area contributed by atoms with E-state index in [1.54, 1.807) is 0 Å². The number of hydrogen-bond donors (Lipinski definition) is 1. The van der Waals surface area contributed by atoms with Gasteiger partial charge in [-0.25, -0.2) is 0 Å². The minimum atomic E-state index is 0.346. The van der Waals surface area contributed by atoms with E-state index < -0.39 is 0 Å². The van der Waals surface area contributed by atoms with Crippen molar-refractivity contribution in [3.63, 3.8) is 0 Å². The van der Waals surface area contributed by atoms with Gasteiger partial charge in [0.1, 0.15) is 0 Å². The zero-order chi connectivity index (χ0) is 21.8. The zero-order valence-electron chi connectivity index (χ0n) is 20.8. The molecule has 0 rings (SSSR count). The molecule has 0 saturated heterocycles. The van der Waals surface area contributed by atoms with E-state index in [1.807, 2.05) is 0 Å². The van der Waals surface area contributed by atoms with Crippen molar-refractivity contribution in [3.8, 4) is 11.8 Å². The van der Waals surface area contributed by atoms with Gasteiger partial charge in [-0.05, 0) is 19.3 Å². The molecule has 0 spiro atoms. The van der Waals surface area contributed by atoms with E-state index in [4.69, 9.17) is 5.11 Å². The minimum absolute atomic E-state index is 0.346. The molecule has 0 aliphatic carbocycles. The predicted octanol–water partition coefficient (Wildman–Crippen LogP) is 9.75. The fourth-order valence-electron chi connectivity index (χ4n) is 4.15. The quantitative estimate of drug-likeness (QED) is 0.122. The van der Waals surface area contributed by atoms with Crippen LogP contribution in [0.4, 0.5) is 0 Å². The Hall–Kier alpha value is -0.480. The van der Waals surface area contributed by atoms with E-state index >= 15 is 0 Å². The molecule has 30 heavy (non-hydrogen) atoms. The minimum Gasteiger partial charge on any atom is -0.396 e. The molecule has 178 valence electrons. The molecule has 0 aromatic heterocycles. The molecule has 1 N–H and O–H groups in total. The molecule has 0 aromatic rings. The highest BCUT2D eigenvalue weighted by Gasteiger charge is 1.95. The van der Waals surface area contributed by atoms with Gasteiger partial charge in [-0.2, -0.15) is 0 Å². The van der Waals surface area contributed by atoms with Crippen LogP contribution in [0.3, 0.4) is 0 Å². The number of hydrogen-bond acceptors (Lipinski definition) is 1. The summed E-state index contributed by atoms with van der Waals surface area (Å²) in [5.41, 5.74) is 0. The molecule has 0 radical (unpaired) electrons. The van der Waals surface area contributed by atoms with Gasteiger partial charge in [-0.15, -0.1) is 11.8 Å². The van der Waals surface area contributed by atoms with Crippen LogP contribution in [0.1, 0.15) is 167 Å². The van der Waals surface area contributed by atoms with Crippen LogP contribution in [0.5, 0.6) is 0 Å². The molecule has 0 heterocycles. The Morgan fingerprint density at radius 1 is 0.367 bits per heavy atom. The summed E-state index contributed by atoms with van der Waals surface area (Å²) in [6.07, 6.45) is 33.9. The average Bonchev–Trinajstić information content (AvgIpc) is 2.76. The van der Waals surface area contributed by atoms with Crippen LogP contribution in [-0.4, -0.2) is 11.7 Å². The molecule has 1 heteroatoms. The highest BCUT2D eigenvalue weighted by atomic mass is 16.2. The third-order valence-corrected chi connectivity index (χ3v) is 6.24. The van der Waals surface area contributed by atoms with Gasteiger partial charge in [0.15, 0.2) is 0 Å². The Morgan fingerprint density at radius 3 is 0.933 bits per heavy atom. The summed E-state index contributed by atoms with van der Waals surface area (Å²) in [6.45, 7) is 2.64. The van der Waals surface area contributed by atoms with Crippen LogP contribution in [0.25, 0.3) is 0 Å². The fourth-order valence-corrected chi connectivity index (χ4v) is 4.15. The van der Waals surface area contributed by atoms with Crippen LogP contribution in [-0.2, 0) is 0 Å². The highest BCUT2D eigenvalue weighted by molar-refractivity contribution is 4.98. The molecule has 0 atom stereocenters. The summed E-state index contributed by atoms with van der Waals surface area (Å²) in [5.74, 6) is 6.69. The number of aliphatic hydroxyl groups is 1. The number of unbranched alkanes of at least 4 members (excludes halogenated alkanes) is 23. The topological polar surface area (TPSA) is 20.2 Å². The molecule has 0 aliphatic rings. The van der Waals surface area contributed by atoms with Gasteiger partial charge < -0.3 is 5.11 Å². The Labute approximate surface area is 191 Å². The van der Waals surface area contributed by atoms with Crippen LogP contribution < -0.4 is 0 Å². The Morgan fingerprint density at radius 2 is 0.633 bits per heavy atom. The van der Waals surface area contributed by atoms with Gasteiger partial charge in [0.25, 0.3) is 0 Å². The lowest BCUT2D eigenvalue weighted by atomic mass is 10.0. The van der Waals surface area contributed by atoms with Gasteiger partial charge >= 0.3 is 0 Å². The maximum absolute atomic E-state index is 8.73. The van der Waals surface area contributed by atoms with Crippen molar-refractivity contribution in [1.82, 2.24) is 0 Å². The summed E-state index contributed by atoms with van der Waals surface area (Å²) in [5, 5.41) is 8.73. The fraction of sp³-hybridized carbons (Fsp3) is 0.931. The summed E-state index contributed by atoms with van der Waals surface area (Å²) < 4.78 is 0. The molecule has 0 aromatic carbocycles. The largest absolute Gasteiger partial charge is 0.396 e. The standard InChI is InChI=1S/C29H56O/c1-2-3-4-5-6-7-8-9-10-11-12-13-14-15-16-17-18-19-20-21-22-23-24-25-26-27-28-29-30/h30H,2-20,23-29H2,1H3.